The zero-order valence-electron chi connectivity index (χ0n) is 12.3. The molecule has 8 heteroatoms. The molecule has 1 atom stereocenters. The number of hydrogen-bond acceptors (Lipinski definition) is 2. The zero-order chi connectivity index (χ0) is 17.9. The number of halogens is 5. The molecular formula is C16H12Cl2F3NOS. The smallest absolute Gasteiger partial charge is 0.324 e. The first-order valence-electron chi connectivity index (χ1n) is 6.77. The Hall–Kier alpha value is -1.37. The van der Waals surface area contributed by atoms with Crippen LogP contribution in [0, 0.1) is 0 Å². The van der Waals surface area contributed by atoms with Gasteiger partial charge in [-0.2, -0.15) is 13.2 Å². The number of carbonyl (C=O) groups is 1. The van der Waals surface area contributed by atoms with Gasteiger partial charge in [-0.05, 0) is 37.3 Å². The molecule has 128 valence electrons. The number of thioether (sulfide) groups is 1. The van der Waals surface area contributed by atoms with Gasteiger partial charge in [0.2, 0.25) is 5.91 Å². The average molecular weight is 394 g/mol. The standard InChI is InChI=1S/C16H12Cl2F3NOS/c1-9(24-14-5-3-2-4-12(14)18)15(23)22-13-8-10(16(19,20)21)6-7-11(13)17/h2-9H,1H3,(H,22,23)/t9-/m1/s1. The van der Waals surface area contributed by atoms with Gasteiger partial charge < -0.3 is 5.32 Å². The second-order valence-corrected chi connectivity index (χ2v) is 7.07. The molecule has 0 bridgehead atoms. The molecule has 1 amide bonds. The summed E-state index contributed by atoms with van der Waals surface area (Å²) >= 11 is 13.1. The molecule has 0 spiro atoms. The number of alkyl halides is 3. The first-order valence-corrected chi connectivity index (χ1v) is 8.41. The maximum atomic E-state index is 12.8. The Morgan fingerprint density at radius 2 is 1.79 bits per heavy atom. The van der Waals surface area contributed by atoms with Crippen LogP contribution in [0.25, 0.3) is 0 Å². The summed E-state index contributed by atoms with van der Waals surface area (Å²) in [5.74, 6) is -0.471. The van der Waals surface area contributed by atoms with Gasteiger partial charge in [0.1, 0.15) is 0 Å². The highest BCUT2D eigenvalue weighted by Gasteiger charge is 2.31. The Labute approximate surface area is 151 Å². The maximum Gasteiger partial charge on any atom is 0.416 e. The zero-order valence-corrected chi connectivity index (χ0v) is 14.7. The van der Waals surface area contributed by atoms with Gasteiger partial charge in [-0.15, -0.1) is 11.8 Å². The Kier molecular flexibility index (Phi) is 6.06. The van der Waals surface area contributed by atoms with Crippen LogP contribution in [0.1, 0.15) is 12.5 Å². The van der Waals surface area contributed by atoms with Crippen molar-refractivity contribution < 1.29 is 18.0 Å². The van der Waals surface area contributed by atoms with Crippen LogP contribution in [0.4, 0.5) is 18.9 Å². The summed E-state index contributed by atoms with van der Waals surface area (Å²) < 4.78 is 38.3. The SMILES string of the molecule is C[C@@H](Sc1ccccc1Cl)C(=O)Nc1cc(C(F)(F)F)ccc1Cl. The van der Waals surface area contributed by atoms with Crippen LogP contribution in [0.5, 0.6) is 0 Å². The van der Waals surface area contributed by atoms with Crippen molar-refractivity contribution in [1.82, 2.24) is 0 Å². The third-order valence-electron chi connectivity index (χ3n) is 3.06. The molecule has 0 saturated carbocycles. The first-order chi connectivity index (χ1) is 11.2. The van der Waals surface area contributed by atoms with Gasteiger partial charge in [0, 0.05) is 4.90 Å². The fraction of sp³-hybridized carbons (Fsp3) is 0.188. The second-order valence-electron chi connectivity index (χ2n) is 4.87. The Morgan fingerprint density at radius 1 is 1.12 bits per heavy atom. The highest BCUT2D eigenvalue weighted by molar-refractivity contribution is 8.00. The lowest BCUT2D eigenvalue weighted by molar-refractivity contribution is -0.137. The Balaban J connectivity index is 2.13. The molecule has 0 aliphatic rings. The van der Waals surface area contributed by atoms with Crippen molar-refractivity contribution in [3.63, 3.8) is 0 Å². The predicted octanol–water partition coefficient (Wildman–Crippen LogP) is 6.13. The van der Waals surface area contributed by atoms with Crippen molar-refractivity contribution in [2.24, 2.45) is 0 Å². The van der Waals surface area contributed by atoms with Crippen molar-refractivity contribution >= 4 is 46.6 Å². The van der Waals surface area contributed by atoms with E-state index in [-0.39, 0.29) is 10.7 Å². The highest BCUT2D eigenvalue weighted by Crippen LogP contribution is 2.35. The molecule has 0 unspecified atom stereocenters. The average Bonchev–Trinajstić information content (AvgIpc) is 2.50. The van der Waals surface area contributed by atoms with Gasteiger partial charge in [0.25, 0.3) is 0 Å². The van der Waals surface area contributed by atoms with Crippen molar-refractivity contribution in [1.29, 1.82) is 0 Å². The lowest BCUT2D eigenvalue weighted by Gasteiger charge is -2.15. The molecule has 2 nitrogen and oxygen atoms in total. The number of anilines is 1. The van der Waals surface area contributed by atoms with E-state index in [1.54, 1.807) is 31.2 Å². The lowest BCUT2D eigenvalue weighted by Crippen LogP contribution is -2.23. The third kappa shape index (κ3) is 4.82. The summed E-state index contributed by atoms with van der Waals surface area (Å²) in [5, 5.41) is 2.39. The molecule has 0 saturated heterocycles. The van der Waals surface area contributed by atoms with E-state index in [1.165, 1.54) is 11.8 Å². The Bertz CT molecular complexity index is 752. The fourth-order valence-electron chi connectivity index (χ4n) is 1.82. The second kappa shape index (κ2) is 7.68. The summed E-state index contributed by atoms with van der Waals surface area (Å²) in [4.78, 5) is 12.9. The van der Waals surface area contributed by atoms with Gasteiger partial charge >= 0.3 is 6.18 Å². The molecule has 1 N–H and O–H groups in total. The van der Waals surface area contributed by atoms with E-state index in [0.29, 0.717) is 9.92 Å². The maximum absolute atomic E-state index is 12.8. The van der Waals surface area contributed by atoms with Crippen molar-refractivity contribution in [3.8, 4) is 0 Å². The molecule has 0 aliphatic heterocycles. The molecule has 24 heavy (non-hydrogen) atoms. The number of rotatable bonds is 4. The van der Waals surface area contributed by atoms with Gasteiger partial charge in [0.05, 0.1) is 26.5 Å². The number of hydrogen-bond donors (Lipinski definition) is 1. The van der Waals surface area contributed by atoms with Crippen LogP contribution < -0.4 is 5.32 Å². The van der Waals surface area contributed by atoms with Crippen LogP contribution in [0.2, 0.25) is 10.0 Å². The van der Waals surface area contributed by atoms with Crippen LogP contribution in [0.15, 0.2) is 47.4 Å². The molecule has 0 aliphatic carbocycles. The predicted molar refractivity (Wildman–Crippen MR) is 91.9 cm³/mol. The van der Waals surface area contributed by atoms with E-state index >= 15 is 0 Å². The van der Waals surface area contributed by atoms with Gasteiger partial charge in [-0.25, -0.2) is 0 Å². The number of carbonyl (C=O) groups excluding carboxylic acids is 1. The quantitative estimate of drug-likeness (QED) is 0.632. The number of nitrogens with one attached hydrogen (secondary N) is 1. The van der Waals surface area contributed by atoms with E-state index in [1.807, 2.05) is 0 Å². The summed E-state index contributed by atoms with van der Waals surface area (Å²) in [6.45, 7) is 1.63. The van der Waals surface area contributed by atoms with Crippen molar-refractivity contribution in [2.45, 2.75) is 23.2 Å². The minimum absolute atomic E-state index is 0.0336. The van der Waals surface area contributed by atoms with Gasteiger partial charge in [-0.1, -0.05) is 35.3 Å². The number of amides is 1. The van der Waals surface area contributed by atoms with E-state index in [0.717, 1.165) is 18.2 Å². The minimum Gasteiger partial charge on any atom is -0.324 e. The fourth-order valence-corrected chi connectivity index (χ4v) is 3.13. The number of benzene rings is 2. The molecule has 2 aromatic rings. The summed E-state index contributed by atoms with van der Waals surface area (Å²) in [7, 11) is 0. The van der Waals surface area contributed by atoms with E-state index < -0.39 is 22.9 Å². The molecule has 2 rings (SSSR count). The van der Waals surface area contributed by atoms with Gasteiger partial charge in [0.15, 0.2) is 0 Å². The lowest BCUT2D eigenvalue weighted by atomic mass is 10.2. The van der Waals surface area contributed by atoms with Crippen molar-refractivity contribution in [2.75, 3.05) is 5.32 Å². The van der Waals surface area contributed by atoms with Crippen LogP contribution >= 0.6 is 35.0 Å². The normalized spacial score (nSPS) is 12.8. The molecule has 0 aromatic heterocycles. The molecule has 0 radical (unpaired) electrons. The highest BCUT2D eigenvalue weighted by atomic mass is 35.5. The van der Waals surface area contributed by atoms with Crippen LogP contribution in [-0.4, -0.2) is 11.2 Å². The Morgan fingerprint density at radius 3 is 2.42 bits per heavy atom. The van der Waals surface area contributed by atoms with E-state index in [2.05, 4.69) is 5.32 Å². The molecule has 0 fully saturated rings. The van der Waals surface area contributed by atoms with Gasteiger partial charge in [-0.3, -0.25) is 4.79 Å². The largest absolute Gasteiger partial charge is 0.416 e. The summed E-state index contributed by atoms with van der Waals surface area (Å²) in [5.41, 5.74) is -0.961. The topological polar surface area (TPSA) is 29.1 Å². The summed E-state index contributed by atoms with van der Waals surface area (Å²) in [6.07, 6.45) is -4.51. The van der Waals surface area contributed by atoms with Crippen LogP contribution in [-0.2, 0) is 11.0 Å². The minimum atomic E-state index is -4.51. The third-order valence-corrected chi connectivity index (χ3v) is 5.01. The molecule has 2 aromatic carbocycles. The molecular weight excluding hydrogens is 382 g/mol. The van der Waals surface area contributed by atoms with E-state index in [9.17, 15) is 18.0 Å². The summed E-state index contributed by atoms with van der Waals surface area (Å²) in [6, 6.07) is 9.77. The monoisotopic (exact) mass is 393 g/mol. The van der Waals surface area contributed by atoms with Crippen molar-refractivity contribution in [3.05, 3.63) is 58.1 Å². The van der Waals surface area contributed by atoms with Crippen LogP contribution in [0.3, 0.4) is 0 Å². The van der Waals surface area contributed by atoms with E-state index in [4.69, 9.17) is 23.2 Å². The molecule has 0 heterocycles. The first kappa shape index (κ1) is 19.0.